The van der Waals surface area contributed by atoms with E-state index < -0.39 is 165 Å². The number of hydrogen-bond donors (Lipinski definition) is 14. The van der Waals surface area contributed by atoms with E-state index in [4.69, 9.17) is 10.5 Å². The molecule has 4 aliphatic heterocycles. The van der Waals surface area contributed by atoms with Gasteiger partial charge in [-0.1, -0.05) is 46.5 Å². The first kappa shape index (κ1) is 68.8. The Hall–Kier alpha value is -8.32. The molecule has 15 N–H and O–H groups in total. The molecule has 31 heteroatoms. The van der Waals surface area contributed by atoms with E-state index >= 15 is 4.79 Å². The zero-order chi connectivity index (χ0) is 64.2. The molecule has 482 valence electrons. The number of carbonyl (C=O) groups excluding carboxylic acids is 13. The lowest BCUT2D eigenvalue weighted by atomic mass is 9.93. The normalized spacial score (nSPS) is 23.7. The van der Waals surface area contributed by atoms with Crippen LogP contribution in [-0.4, -0.2) is 207 Å². The lowest BCUT2D eigenvalue weighted by Crippen LogP contribution is -2.61. The predicted octanol–water partition coefficient (Wildman–Crippen LogP) is -2.65. The van der Waals surface area contributed by atoms with Crippen molar-refractivity contribution in [3.8, 4) is 5.75 Å². The number of ether oxygens (including phenoxy) is 1. The number of nitrogens with one attached hydrogen (secondary N) is 10. The molecule has 1 unspecified atom stereocenters. The number of fused-ring (bicyclic) bond motifs is 5. The Morgan fingerprint density at radius 3 is 2.11 bits per heavy atom. The predicted molar refractivity (Wildman–Crippen MR) is 314 cm³/mol. The van der Waals surface area contributed by atoms with Gasteiger partial charge in [0, 0.05) is 80.6 Å². The molecule has 10 atom stereocenters. The molecule has 1 fully saturated rings. The fourth-order valence-corrected chi connectivity index (χ4v) is 11.6. The van der Waals surface area contributed by atoms with Gasteiger partial charge in [0.2, 0.25) is 59.1 Å². The Labute approximate surface area is 511 Å². The highest BCUT2D eigenvalue weighted by Crippen LogP contribution is 2.34. The number of aromatic hydroxyl groups is 1. The Morgan fingerprint density at radius 1 is 0.761 bits per heavy atom. The van der Waals surface area contributed by atoms with E-state index in [1.54, 1.807) is 13.8 Å². The van der Waals surface area contributed by atoms with Crippen LogP contribution in [0.25, 0.3) is 10.9 Å². The van der Waals surface area contributed by atoms with Gasteiger partial charge in [0.05, 0.1) is 42.9 Å². The van der Waals surface area contributed by atoms with Crippen molar-refractivity contribution < 1.29 is 82.4 Å². The van der Waals surface area contributed by atoms with Gasteiger partial charge < -0.3 is 83.5 Å². The summed E-state index contributed by atoms with van der Waals surface area (Å²) < 4.78 is 5.74. The number of rotatable bonds is 22. The fourth-order valence-electron chi connectivity index (χ4n) is 10.5. The molecule has 1 aromatic carbocycles. The van der Waals surface area contributed by atoms with Crippen molar-refractivity contribution in [3.05, 3.63) is 35.9 Å². The van der Waals surface area contributed by atoms with Crippen LogP contribution in [0.2, 0.25) is 0 Å². The first-order chi connectivity index (χ1) is 42.0. The number of aliphatic hydroxyl groups is 2. The van der Waals surface area contributed by atoms with Crippen molar-refractivity contribution in [2.45, 2.75) is 158 Å². The van der Waals surface area contributed by atoms with Crippen molar-refractivity contribution in [2.24, 2.45) is 17.6 Å². The standard InChI is InChI=1S/C57H81N13O17S/c1-4-30(2)48-53(83)62-25-44(76)63-39-29-88-55-35(34-14-13-32(72)22-37(34)66-55)24-38(50(80)61-26-45(77)67-48)65-54(84)49(31(3)41(73)28-71)68-52(82)40-23-33(27-70(40)56(85)36(64-51(39)81)15-16-42(58)74)87-57(86)60-20-10-6-5-9-19-59-43(75)12-8-7-11-21-69-46(78)17-18-47(69)79/h13-14,17-18,22,30-31,33,36,38-41,48-49,66,71-73H,4-12,15-16,19-21,23-29H2,1-3H3,(H2,58,74)(H,59,75)(H,60,86)(H,61,80)(H,62,83)(H,63,76)(H,64,81)(H,65,84)(H,67,77)(H,68,82)/t30-,31-,33+,36-,38-,39+,40?,41-,48-,49-/m0/s1. The number of H-pyrrole nitrogens is 1. The molecular formula is C57H81N13O17S. The fraction of sp³-hybridized carbons (Fsp3) is 0.596. The molecule has 0 radical (unpaired) electrons. The first-order valence-electron chi connectivity index (χ1n) is 29.6. The molecule has 0 spiro atoms. The van der Waals surface area contributed by atoms with Crippen LogP contribution in [0, 0.1) is 11.8 Å². The number of nitrogens with zero attached hydrogens (tertiary/aromatic N) is 2. The van der Waals surface area contributed by atoms with E-state index in [1.807, 2.05) is 0 Å². The number of unbranched alkanes of at least 4 members (excludes halogenated alkanes) is 5. The van der Waals surface area contributed by atoms with E-state index in [-0.39, 0.29) is 47.2 Å². The molecule has 4 aliphatic rings. The van der Waals surface area contributed by atoms with Crippen LogP contribution in [0.15, 0.2) is 35.4 Å². The first-order valence-corrected chi connectivity index (χ1v) is 30.6. The third kappa shape index (κ3) is 19.6. The number of hydrogen-bond acceptors (Lipinski definition) is 18. The summed E-state index contributed by atoms with van der Waals surface area (Å²) in [7, 11) is 0. The number of aromatic nitrogens is 1. The minimum absolute atomic E-state index is 0.125. The molecular weight excluding hydrogens is 1170 g/mol. The molecule has 88 heavy (non-hydrogen) atoms. The van der Waals surface area contributed by atoms with Gasteiger partial charge in [0.1, 0.15) is 48.1 Å². The van der Waals surface area contributed by atoms with E-state index in [1.165, 1.54) is 37.3 Å². The topological polar surface area (TPSA) is 448 Å². The van der Waals surface area contributed by atoms with Crippen molar-refractivity contribution >= 4 is 99.6 Å². The van der Waals surface area contributed by atoms with Gasteiger partial charge in [-0.15, -0.1) is 11.8 Å². The Bertz CT molecular complexity index is 2940. The summed E-state index contributed by atoms with van der Waals surface area (Å²) in [6.45, 7) is 2.80. The molecule has 0 saturated carbocycles. The number of aliphatic hydroxyl groups excluding tert-OH is 2. The summed E-state index contributed by atoms with van der Waals surface area (Å²) in [5.41, 5.74) is 6.21. The Balaban J connectivity index is 1.24. The maximum atomic E-state index is 15.0. The van der Waals surface area contributed by atoms with Crippen LogP contribution in [-0.2, 0) is 68.7 Å². The second-order valence-corrected chi connectivity index (χ2v) is 23.3. The van der Waals surface area contributed by atoms with Crippen LogP contribution in [0.4, 0.5) is 4.79 Å². The van der Waals surface area contributed by atoms with Crippen LogP contribution >= 0.6 is 11.8 Å². The third-order valence-corrected chi connectivity index (χ3v) is 16.9. The van der Waals surface area contributed by atoms with E-state index in [0.29, 0.717) is 87.3 Å². The van der Waals surface area contributed by atoms with Crippen molar-refractivity contribution in [2.75, 3.05) is 51.6 Å². The van der Waals surface area contributed by atoms with Crippen molar-refractivity contribution in [1.29, 1.82) is 0 Å². The summed E-state index contributed by atoms with van der Waals surface area (Å²) in [6, 6.07) is -5.23. The van der Waals surface area contributed by atoms with E-state index in [9.17, 15) is 72.9 Å². The van der Waals surface area contributed by atoms with Gasteiger partial charge in [-0.05, 0) is 55.7 Å². The monoisotopic (exact) mass is 1250 g/mol. The Kier molecular flexibility index (Phi) is 25.9. The largest absolute Gasteiger partial charge is 0.508 e. The molecule has 30 nitrogen and oxygen atoms in total. The van der Waals surface area contributed by atoms with Gasteiger partial charge in [-0.25, -0.2) is 4.79 Å². The third-order valence-electron chi connectivity index (χ3n) is 15.8. The van der Waals surface area contributed by atoms with Gasteiger partial charge in [-0.3, -0.25) is 62.4 Å². The molecule has 1 saturated heterocycles. The lowest BCUT2D eigenvalue weighted by molar-refractivity contribution is -0.143. The van der Waals surface area contributed by atoms with Crippen molar-refractivity contribution in [3.63, 3.8) is 0 Å². The van der Waals surface area contributed by atoms with E-state index in [0.717, 1.165) is 21.6 Å². The number of alkyl carbamates (subject to hydrolysis) is 1. The zero-order valence-electron chi connectivity index (χ0n) is 49.4. The number of amides is 13. The summed E-state index contributed by atoms with van der Waals surface area (Å²) in [6.07, 6.45) is 1.93. The molecule has 1 aromatic heterocycles. The number of thioether (sulfide) groups is 1. The highest BCUT2D eigenvalue weighted by Gasteiger charge is 2.46. The quantitative estimate of drug-likeness (QED) is 0.0423. The average Bonchev–Trinajstić information content (AvgIpc) is 2.88. The van der Waals surface area contributed by atoms with Gasteiger partial charge >= 0.3 is 6.09 Å². The molecule has 2 bridgehead atoms. The van der Waals surface area contributed by atoms with E-state index in [2.05, 4.69) is 52.8 Å². The number of benzene rings is 1. The summed E-state index contributed by atoms with van der Waals surface area (Å²) >= 11 is 0.944. The number of phenols is 1. The minimum atomic E-state index is -1.80. The minimum Gasteiger partial charge on any atom is -0.508 e. The number of phenolic OH excluding ortho intramolecular Hbond substituents is 1. The number of primary amides is 1. The van der Waals surface area contributed by atoms with Gasteiger partial charge in [0.25, 0.3) is 11.8 Å². The van der Waals surface area contributed by atoms with Gasteiger partial charge in [0.15, 0.2) is 0 Å². The van der Waals surface area contributed by atoms with Crippen LogP contribution in [0.1, 0.15) is 103 Å². The van der Waals surface area contributed by atoms with Crippen molar-refractivity contribution in [1.82, 2.24) is 62.6 Å². The molecule has 6 rings (SSSR count). The average molecular weight is 1250 g/mol. The maximum absolute atomic E-state index is 15.0. The highest BCUT2D eigenvalue weighted by molar-refractivity contribution is 7.99. The number of carbonyl (C=O) groups is 13. The van der Waals surface area contributed by atoms with Crippen LogP contribution < -0.4 is 53.6 Å². The SMILES string of the molecule is CC[C@H](C)[C@@H]1NC(=O)CNC(=O)[C@@H]2Cc3c([nH]c4cc(O)ccc34)SC[C@@H](NC(=O)CNC1=O)C(=O)N[C@@H](CCC(N)=O)C(=O)N1C[C@H](OC(=O)NCCCCCCNC(=O)CCCCCN3C(=O)C=CC3=O)CC1C(=O)N[C@@H]([C@@H](C)[C@@H](O)CO)C(=O)N2. The number of imide groups is 1. The second-order valence-electron chi connectivity index (χ2n) is 22.3. The smallest absolute Gasteiger partial charge is 0.407 e. The second kappa shape index (κ2) is 33.1. The lowest BCUT2D eigenvalue weighted by Gasteiger charge is -2.33. The summed E-state index contributed by atoms with van der Waals surface area (Å²) in [4.78, 5) is 182. The molecule has 5 heterocycles. The maximum Gasteiger partial charge on any atom is 0.407 e. The zero-order valence-corrected chi connectivity index (χ0v) is 50.3. The summed E-state index contributed by atoms with van der Waals surface area (Å²) in [5.74, 6) is -11.6. The molecule has 13 amide bonds. The van der Waals surface area contributed by atoms with Crippen LogP contribution in [0.3, 0.4) is 0 Å². The number of aromatic amines is 1. The number of nitrogens with two attached hydrogens (primary N) is 1. The molecule has 2 aromatic rings. The van der Waals surface area contributed by atoms with Crippen LogP contribution in [0.5, 0.6) is 5.75 Å². The summed E-state index contributed by atoms with van der Waals surface area (Å²) in [5, 5.41) is 55.8. The molecule has 0 aliphatic carbocycles. The highest BCUT2D eigenvalue weighted by atomic mass is 32.2. The Morgan fingerprint density at radius 2 is 1.43 bits per heavy atom. The van der Waals surface area contributed by atoms with Gasteiger partial charge in [-0.2, -0.15) is 0 Å².